The molecule has 1 aliphatic rings. The van der Waals surface area contributed by atoms with Crippen LogP contribution in [0.5, 0.6) is 0 Å². The standard InChI is InChI=1S/C12H17NO2/c14-9-11-3-1-10(2-4-11)7-13-6-5-12(15)8-13/h1-4,12,14-15H,5-9H2/t12-/m1/s1. The highest BCUT2D eigenvalue weighted by molar-refractivity contribution is 5.21. The summed E-state index contributed by atoms with van der Waals surface area (Å²) in [5.41, 5.74) is 2.18. The van der Waals surface area contributed by atoms with Crippen molar-refractivity contribution in [2.45, 2.75) is 25.7 Å². The van der Waals surface area contributed by atoms with E-state index in [-0.39, 0.29) is 12.7 Å². The molecule has 0 amide bonds. The van der Waals surface area contributed by atoms with Gasteiger partial charge in [0.1, 0.15) is 0 Å². The Morgan fingerprint density at radius 3 is 2.40 bits per heavy atom. The molecule has 1 atom stereocenters. The number of hydrogen-bond donors (Lipinski definition) is 2. The van der Waals surface area contributed by atoms with Crippen molar-refractivity contribution in [2.24, 2.45) is 0 Å². The summed E-state index contributed by atoms with van der Waals surface area (Å²) in [5.74, 6) is 0. The molecule has 15 heavy (non-hydrogen) atoms. The monoisotopic (exact) mass is 207 g/mol. The molecule has 1 saturated heterocycles. The maximum absolute atomic E-state index is 9.39. The fourth-order valence-corrected chi connectivity index (χ4v) is 1.96. The Balaban J connectivity index is 1.93. The fourth-order valence-electron chi connectivity index (χ4n) is 1.96. The van der Waals surface area contributed by atoms with E-state index in [1.807, 2.05) is 24.3 Å². The van der Waals surface area contributed by atoms with E-state index in [0.29, 0.717) is 0 Å². The molecule has 0 unspecified atom stereocenters. The van der Waals surface area contributed by atoms with Crippen LogP contribution in [0, 0.1) is 0 Å². The van der Waals surface area contributed by atoms with Gasteiger partial charge < -0.3 is 10.2 Å². The first kappa shape index (κ1) is 10.6. The number of likely N-dealkylation sites (tertiary alicyclic amines) is 1. The van der Waals surface area contributed by atoms with Crippen molar-refractivity contribution in [3.8, 4) is 0 Å². The zero-order valence-corrected chi connectivity index (χ0v) is 8.76. The van der Waals surface area contributed by atoms with Gasteiger partial charge in [-0.2, -0.15) is 0 Å². The smallest absolute Gasteiger partial charge is 0.0681 e. The van der Waals surface area contributed by atoms with Gasteiger partial charge in [-0.3, -0.25) is 4.90 Å². The van der Waals surface area contributed by atoms with Crippen LogP contribution in [0.25, 0.3) is 0 Å². The zero-order valence-electron chi connectivity index (χ0n) is 8.76. The Morgan fingerprint density at radius 1 is 1.20 bits per heavy atom. The Hall–Kier alpha value is -0.900. The molecule has 0 saturated carbocycles. The molecule has 1 heterocycles. The fraction of sp³-hybridized carbons (Fsp3) is 0.500. The molecule has 0 bridgehead atoms. The second kappa shape index (κ2) is 4.75. The molecule has 0 aromatic heterocycles. The van der Waals surface area contributed by atoms with Gasteiger partial charge in [-0.1, -0.05) is 24.3 Å². The number of benzene rings is 1. The maximum atomic E-state index is 9.39. The molecular formula is C12H17NO2. The largest absolute Gasteiger partial charge is 0.392 e. The Labute approximate surface area is 90.0 Å². The minimum absolute atomic E-state index is 0.0999. The first-order valence-corrected chi connectivity index (χ1v) is 5.37. The summed E-state index contributed by atoms with van der Waals surface area (Å²) in [5, 5.41) is 18.3. The summed E-state index contributed by atoms with van der Waals surface area (Å²) < 4.78 is 0. The average molecular weight is 207 g/mol. The van der Waals surface area contributed by atoms with E-state index in [9.17, 15) is 5.11 Å². The second-order valence-electron chi connectivity index (χ2n) is 4.15. The molecule has 3 nitrogen and oxygen atoms in total. The Morgan fingerprint density at radius 2 is 1.87 bits per heavy atom. The molecular weight excluding hydrogens is 190 g/mol. The van der Waals surface area contributed by atoms with Crippen LogP contribution in [0.2, 0.25) is 0 Å². The highest BCUT2D eigenvalue weighted by atomic mass is 16.3. The summed E-state index contributed by atoms with van der Waals surface area (Å²) in [6, 6.07) is 7.97. The molecule has 0 spiro atoms. The van der Waals surface area contributed by atoms with Crippen LogP contribution in [0.15, 0.2) is 24.3 Å². The van der Waals surface area contributed by atoms with Crippen LogP contribution in [0.3, 0.4) is 0 Å². The van der Waals surface area contributed by atoms with Gasteiger partial charge in [0.15, 0.2) is 0 Å². The van der Waals surface area contributed by atoms with Crippen molar-refractivity contribution in [3.05, 3.63) is 35.4 Å². The van der Waals surface area contributed by atoms with Crippen LogP contribution in [0.1, 0.15) is 17.5 Å². The normalized spacial score (nSPS) is 22.1. The predicted octanol–water partition coefficient (Wildman–Crippen LogP) is 0.746. The van der Waals surface area contributed by atoms with Gasteiger partial charge in [-0.05, 0) is 17.5 Å². The van der Waals surface area contributed by atoms with Gasteiger partial charge in [0, 0.05) is 19.6 Å². The predicted molar refractivity (Wildman–Crippen MR) is 58.3 cm³/mol. The van der Waals surface area contributed by atoms with E-state index >= 15 is 0 Å². The number of nitrogens with zero attached hydrogens (tertiary/aromatic N) is 1. The summed E-state index contributed by atoms with van der Waals surface area (Å²) in [4.78, 5) is 2.25. The van der Waals surface area contributed by atoms with Gasteiger partial charge in [0.25, 0.3) is 0 Å². The lowest BCUT2D eigenvalue weighted by Gasteiger charge is -2.14. The highest BCUT2D eigenvalue weighted by Crippen LogP contribution is 2.13. The van der Waals surface area contributed by atoms with Crippen molar-refractivity contribution < 1.29 is 10.2 Å². The van der Waals surface area contributed by atoms with Gasteiger partial charge in [0.05, 0.1) is 12.7 Å². The van der Waals surface area contributed by atoms with E-state index in [4.69, 9.17) is 5.11 Å². The third kappa shape index (κ3) is 2.78. The van der Waals surface area contributed by atoms with Crippen LogP contribution in [-0.4, -0.2) is 34.3 Å². The van der Waals surface area contributed by atoms with E-state index in [0.717, 1.165) is 31.6 Å². The summed E-state index contributed by atoms with van der Waals surface area (Å²) >= 11 is 0. The first-order chi connectivity index (χ1) is 7.28. The molecule has 1 fully saturated rings. The van der Waals surface area contributed by atoms with Crippen molar-refractivity contribution in [3.63, 3.8) is 0 Å². The quantitative estimate of drug-likeness (QED) is 0.768. The lowest BCUT2D eigenvalue weighted by molar-refractivity contribution is 0.175. The number of rotatable bonds is 3. The van der Waals surface area contributed by atoms with Crippen molar-refractivity contribution >= 4 is 0 Å². The van der Waals surface area contributed by atoms with Crippen molar-refractivity contribution in [2.75, 3.05) is 13.1 Å². The number of hydrogen-bond acceptors (Lipinski definition) is 3. The second-order valence-corrected chi connectivity index (χ2v) is 4.15. The van der Waals surface area contributed by atoms with Crippen LogP contribution in [-0.2, 0) is 13.2 Å². The molecule has 1 aromatic carbocycles. The average Bonchev–Trinajstić information content (AvgIpc) is 2.65. The van der Waals surface area contributed by atoms with Gasteiger partial charge in [-0.25, -0.2) is 0 Å². The zero-order chi connectivity index (χ0) is 10.7. The van der Waals surface area contributed by atoms with Crippen LogP contribution < -0.4 is 0 Å². The minimum atomic E-state index is -0.151. The highest BCUT2D eigenvalue weighted by Gasteiger charge is 2.19. The van der Waals surface area contributed by atoms with Gasteiger partial charge in [-0.15, -0.1) is 0 Å². The summed E-state index contributed by atoms with van der Waals surface area (Å²) in [7, 11) is 0. The topological polar surface area (TPSA) is 43.7 Å². The Bertz CT molecular complexity index is 310. The lowest BCUT2D eigenvalue weighted by Crippen LogP contribution is -2.21. The number of aliphatic hydroxyl groups excluding tert-OH is 2. The molecule has 82 valence electrons. The van der Waals surface area contributed by atoms with Crippen LogP contribution in [0.4, 0.5) is 0 Å². The first-order valence-electron chi connectivity index (χ1n) is 5.37. The van der Waals surface area contributed by atoms with Gasteiger partial charge in [0.2, 0.25) is 0 Å². The van der Waals surface area contributed by atoms with Crippen molar-refractivity contribution in [1.82, 2.24) is 4.90 Å². The Kier molecular flexibility index (Phi) is 3.36. The van der Waals surface area contributed by atoms with E-state index in [2.05, 4.69) is 4.90 Å². The van der Waals surface area contributed by atoms with Crippen molar-refractivity contribution in [1.29, 1.82) is 0 Å². The van der Waals surface area contributed by atoms with Crippen LogP contribution >= 0.6 is 0 Å². The number of aliphatic hydroxyl groups is 2. The third-order valence-corrected chi connectivity index (χ3v) is 2.86. The molecule has 3 heteroatoms. The minimum Gasteiger partial charge on any atom is -0.392 e. The lowest BCUT2D eigenvalue weighted by atomic mass is 10.1. The summed E-state index contributed by atoms with van der Waals surface area (Å²) in [6.07, 6.45) is 0.732. The maximum Gasteiger partial charge on any atom is 0.0681 e. The van der Waals surface area contributed by atoms with E-state index in [1.54, 1.807) is 0 Å². The molecule has 1 aromatic rings. The van der Waals surface area contributed by atoms with Gasteiger partial charge >= 0.3 is 0 Å². The van der Waals surface area contributed by atoms with E-state index < -0.39 is 0 Å². The van der Waals surface area contributed by atoms with E-state index in [1.165, 1.54) is 5.56 Å². The molecule has 0 aliphatic carbocycles. The third-order valence-electron chi connectivity index (χ3n) is 2.86. The molecule has 1 aliphatic heterocycles. The SMILES string of the molecule is OCc1ccc(CN2CC[C@@H](O)C2)cc1. The number of β-amino-alcohol motifs (C(OH)–C–C–N with tert-alkyl or cyclic N) is 1. The molecule has 2 rings (SSSR count). The summed E-state index contributed by atoms with van der Waals surface area (Å²) in [6.45, 7) is 2.75. The molecule has 2 N–H and O–H groups in total. The molecule has 0 radical (unpaired) electrons.